The molecule has 0 aromatic rings. The minimum absolute atomic E-state index is 0.0249. The fraction of sp³-hybridized carbons (Fsp3) is 0.750. The quantitative estimate of drug-likeness (QED) is 0.723. The van der Waals surface area contributed by atoms with Gasteiger partial charge in [0.2, 0.25) is 0 Å². The lowest BCUT2D eigenvalue weighted by atomic mass is 9.69. The second-order valence-electron chi connectivity index (χ2n) is 4.75. The summed E-state index contributed by atoms with van der Waals surface area (Å²) in [5, 5.41) is 9.48. The molecule has 0 spiro atoms. The zero-order valence-corrected chi connectivity index (χ0v) is 9.11. The number of ether oxygens (including phenoxy) is 1. The Bertz CT molecular complexity index is 283. The molecule has 0 radical (unpaired) electrons. The van der Waals surface area contributed by atoms with Crippen LogP contribution in [0, 0.1) is 17.3 Å². The van der Waals surface area contributed by atoms with Crippen molar-refractivity contribution in [2.24, 2.45) is 17.3 Å². The lowest BCUT2D eigenvalue weighted by Crippen LogP contribution is -2.44. The van der Waals surface area contributed by atoms with Crippen molar-refractivity contribution in [1.82, 2.24) is 0 Å². The maximum atomic E-state index is 11.5. The zero-order chi connectivity index (χ0) is 11.1. The van der Waals surface area contributed by atoms with Crippen LogP contribution in [0.3, 0.4) is 0 Å². The van der Waals surface area contributed by atoms with Gasteiger partial charge in [-0.3, -0.25) is 4.79 Å². The minimum atomic E-state index is -0.719. The molecule has 0 aromatic carbocycles. The number of carbonyl (C=O) groups is 1. The number of carboxylic acids is 1. The first-order valence-electron chi connectivity index (χ1n) is 5.60. The van der Waals surface area contributed by atoms with Gasteiger partial charge in [-0.2, -0.15) is 0 Å². The summed E-state index contributed by atoms with van der Waals surface area (Å²) in [6.07, 6.45) is 4.50. The van der Waals surface area contributed by atoms with E-state index >= 15 is 0 Å². The molecule has 1 aliphatic heterocycles. The van der Waals surface area contributed by atoms with E-state index in [1.54, 1.807) is 6.08 Å². The van der Waals surface area contributed by atoms with Crippen LogP contribution in [0.2, 0.25) is 0 Å². The largest absolute Gasteiger partial charge is 0.481 e. The molecule has 3 heteroatoms. The molecular formula is C12H18O3. The van der Waals surface area contributed by atoms with Crippen molar-refractivity contribution in [3.8, 4) is 0 Å². The normalized spacial score (nSPS) is 37.5. The fourth-order valence-corrected chi connectivity index (χ4v) is 2.72. The van der Waals surface area contributed by atoms with Crippen molar-refractivity contribution < 1.29 is 14.6 Å². The van der Waals surface area contributed by atoms with E-state index in [0.717, 1.165) is 12.8 Å². The first kappa shape index (κ1) is 10.7. The maximum absolute atomic E-state index is 11.5. The van der Waals surface area contributed by atoms with Crippen LogP contribution < -0.4 is 0 Å². The number of allylic oxidation sites excluding steroid dienone is 1. The first-order chi connectivity index (χ1) is 7.13. The Labute approximate surface area is 90.1 Å². The van der Waals surface area contributed by atoms with Crippen molar-refractivity contribution >= 4 is 5.97 Å². The molecule has 0 bridgehead atoms. The molecule has 3 nitrogen and oxygen atoms in total. The molecule has 3 unspecified atom stereocenters. The van der Waals surface area contributed by atoms with E-state index in [0.29, 0.717) is 18.9 Å². The van der Waals surface area contributed by atoms with Crippen LogP contribution in [-0.2, 0) is 9.53 Å². The van der Waals surface area contributed by atoms with E-state index in [-0.39, 0.29) is 12.0 Å². The van der Waals surface area contributed by atoms with Crippen LogP contribution >= 0.6 is 0 Å². The molecular weight excluding hydrogens is 192 g/mol. The monoisotopic (exact) mass is 210 g/mol. The number of hydrogen-bond donors (Lipinski definition) is 1. The molecule has 84 valence electrons. The third-order valence-corrected chi connectivity index (χ3v) is 3.94. The van der Waals surface area contributed by atoms with Crippen molar-refractivity contribution in [2.45, 2.75) is 32.3 Å². The van der Waals surface area contributed by atoms with E-state index in [1.165, 1.54) is 0 Å². The second-order valence-corrected chi connectivity index (χ2v) is 4.75. The Balaban J connectivity index is 2.30. The van der Waals surface area contributed by atoms with Gasteiger partial charge in [-0.1, -0.05) is 13.0 Å². The van der Waals surface area contributed by atoms with Crippen LogP contribution in [-0.4, -0.2) is 23.8 Å². The molecule has 0 aromatic heterocycles. The van der Waals surface area contributed by atoms with Gasteiger partial charge in [-0.15, -0.1) is 6.58 Å². The number of carboxylic acid groups (broad SMARTS) is 1. The van der Waals surface area contributed by atoms with Crippen molar-refractivity contribution in [3.63, 3.8) is 0 Å². The standard InChI is InChI=1S/C12H18O3/c1-3-8(2)12(11(13)14)6-7-15-10(12)9-4-5-9/h3,8-10H,1,4-7H2,2H3,(H,13,14). The predicted octanol–water partition coefficient (Wildman–Crippen LogP) is 2.08. The van der Waals surface area contributed by atoms with Crippen LogP contribution in [0.15, 0.2) is 12.7 Å². The molecule has 1 saturated heterocycles. The zero-order valence-electron chi connectivity index (χ0n) is 9.11. The van der Waals surface area contributed by atoms with Gasteiger partial charge < -0.3 is 9.84 Å². The Kier molecular flexibility index (Phi) is 2.59. The Morgan fingerprint density at radius 2 is 2.33 bits per heavy atom. The van der Waals surface area contributed by atoms with E-state index in [2.05, 4.69) is 6.58 Å². The van der Waals surface area contributed by atoms with Crippen LogP contribution in [0.1, 0.15) is 26.2 Å². The van der Waals surface area contributed by atoms with Gasteiger partial charge in [0.05, 0.1) is 6.10 Å². The summed E-state index contributed by atoms with van der Waals surface area (Å²) >= 11 is 0. The van der Waals surface area contributed by atoms with Crippen molar-refractivity contribution in [2.75, 3.05) is 6.61 Å². The van der Waals surface area contributed by atoms with Gasteiger partial charge in [-0.05, 0) is 31.1 Å². The van der Waals surface area contributed by atoms with E-state index < -0.39 is 11.4 Å². The highest BCUT2D eigenvalue weighted by Gasteiger charge is 2.57. The Hall–Kier alpha value is -0.830. The van der Waals surface area contributed by atoms with Crippen LogP contribution in [0.25, 0.3) is 0 Å². The van der Waals surface area contributed by atoms with Crippen molar-refractivity contribution in [1.29, 1.82) is 0 Å². The topological polar surface area (TPSA) is 46.5 Å². The average molecular weight is 210 g/mol. The van der Waals surface area contributed by atoms with Crippen LogP contribution in [0.4, 0.5) is 0 Å². The highest BCUT2D eigenvalue weighted by Crippen LogP contribution is 2.51. The summed E-state index contributed by atoms with van der Waals surface area (Å²) in [5.74, 6) is -0.279. The van der Waals surface area contributed by atoms with Gasteiger partial charge in [0, 0.05) is 6.61 Å². The highest BCUT2D eigenvalue weighted by atomic mass is 16.5. The van der Waals surface area contributed by atoms with Crippen LogP contribution in [0.5, 0.6) is 0 Å². The third-order valence-electron chi connectivity index (χ3n) is 3.94. The molecule has 1 aliphatic carbocycles. The number of aliphatic carboxylic acids is 1. The van der Waals surface area contributed by atoms with E-state index in [1.807, 2.05) is 6.92 Å². The summed E-state index contributed by atoms with van der Waals surface area (Å²) in [6.45, 7) is 6.24. The molecule has 3 atom stereocenters. The Morgan fingerprint density at radius 3 is 2.80 bits per heavy atom. The number of hydrogen-bond acceptors (Lipinski definition) is 2. The van der Waals surface area contributed by atoms with E-state index in [4.69, 9.17) is 4.74 Å². The Morgan fingerprint density at radius 1 is 1.67 bits per heavy atom. The summed E-state index contributed by atoms with van der Waals surface area (Å²) in [5.41, 5.74) is -0.719. The molecule has 2 rings (SSSR count). The lowest BCUT2D eigenvalue weighted by molar-refractivity contribution is -0.156. The maximum Gasteiger partial charge on any atom is 0.312 e. The van der Waals surface area contributed by atoms with Gasteiger partial charge in [0.1, 0.15) is 5.41 Å². The summed E-state index contributed by atoms with van der Waals surface area (Å²) < 4.78 is 5.65. The SMILES string of the molecule is C=CC(C)C1(C(=O)O)CCOC1C1CC1. The lowest BCUT2D eigenvalue weighted by Gasteiger charge is -2.34. The molecule has 1 N–H and O–H groups in total. The van der Waals surface area contributed by atoms with E-state index in [9.17, 15) is 9.90 Å². The smallest absolute Gasteiger partial charge is 0.312 e. The summed E-state index contributed by atoms with van der Waals surface area (Å²) in [6, 6.07) is 0. The second kappa shape index (κ2) is 3.63. The molecule has 2 fully saturated rings. The third kappa shape index (κ3) is 1.49. The minimum Gasteiger partial charge on any atom is -0.481 e. The van der Waals surface area contributed by atoms with Gasteiger partial charge in [0.15, 0.2) is 0 Å². The molecule has 0 amide bonds. The fourth-order valence-electron chi connectivity index (χ4n) is 2.72. The van der Waals surface area contributed by atoms with Gasteiger partial charge in [-0.25, -0.2) is 0 Å². The number of rotatable bonds is 4. The summed E-state index contributed by atoms with van der Waals surface area (Å²) in [7, 11) is 0. The molecule has 2 aliphatic rings. The van der Waals surface area contributed by atoms with Crippen molar-refractivity contribution in [3.05, 3.63) is 12.7 Å². The molecule has 1 heterocycles. The molecule has 1 saturated carbocycles. The van der Waals surface area contributed by atoms with Gasteiger partial charge >= 0.3 is 5.97 Å². The highest BCUT2D eigenvalue weighted by molar-refractivity contribution is 5.76. The first-order valence-corrected chi connectivity index (χ1v) is 5.60. The average Bonchev–Trinajstić information content (AvgIpc) is 2.96. The predicted molar refractivity (Wildman–Crippen MR) is 56.5 cm³/mol. The van der Waals surface area contributed by atoms with Gasteiger partial charge in [0.25, 0.3) is 0 Å². The summed E-state index contributed by atoms with van der Waals surface area (Å²) in [4.78, 5) is 11.5. The molecule has 15 heavy (non-hydrogen) atoms.